The topological polar surface area (TPSA) is 67.6 Å². The molecule has 0 aromatic heterocycles. The first-order chi connectivity index (χ1) is 9.97. The van der Waals surface area contributed by atoms with Gasteiger partial charge in [0.1, 0.15) is 17.4 Å². The third-order valence-electron chi connectivity index (χ3n) is 4.29. The molecule has 0 spiro atoms. The fraction of sp³-hybridized carbons (Fsp3) is 0.562. The minimum Gasteiger partial charge on any atom is -0.490 e. The molecule has 0 aliphatic heterocycles. The molecule has 1 aliphatic carbocycles. The van der Waals surface area contributed by atoms with Crippen molar-refractivity contribution in [1.29, 1.82) is 0 Å². The Labute approximate surface area is 126 Å². The zero-order chi connectivity index (χ0) is 15.5. The molecule has 2 atom stereocenters. The van der Waals surface area contributed by atoms with Crippen molar-refractivity contribution >= 4 is 11.6 Å². The van der Waals surface area contributed by atoms with Gasteiger partial charge in [-0.3, -0.25) is 4.79 Å². The number of amides is 1. The number of carbonyl (C=O) groups is 1. The SMILES string of the molecule is CNC1(C(N)=O)CCCC(Oc2cccc(N(C)C)c2)C1. The number of likely N-dealkylation sites (N-methyl/N-ethyl adjacent to an activating group) is 1. The van der Waals surface area contributed by atoms with E-state index in [1.54, 1.807) is 7.05 Å². The number of carbonyl (C=O) groups excluding carboxylic acids is 1. The maximum Gasteiger partial charge on any atom is 0.237 e. The number of ether oxygens (including phenoxy) is 1. The molecular weight excluding hydrogens is 266 g/mol. The summed E-state index contributed by atoms with van der Waals surface area (Å²) < 4.78 is 6.08. The number of nitrogens with zero attached hydrogens (tertiary/aromatic N) is 1. The third-order valence-corrected chi connectivity index (χ3v) is 4.29. The van der Waals surface area contributed by atoms with Crippen molar-refractivity contribution in [2.75, 3.05) is 26.0 Å². The van der Waals surface area contributed by atoms with Crippen LogP contribution in [0.4, 0.5) is 5.69 Å². The van der Waals surface area contributed by atoms with Crippen molar-refractivity contribution in [3.05, 3.63) is 24.3 Å². The number of anilines is 1. The summed E-state index contributed by atoms with van der Waals surface area (Å²) in [6.07, 6.45) is 3.28. The molecule has 0 heterocycles. The van der Waals surface area contributed by atoms with Crippen LogP contribution in [0.15, 0.2) is 24.3 Å². The van der Waals surface area contributed by atoms with Crippen molar-refractivity contribution in [1.82, 2.24) is 5.32 Å². The molecule has 1 saturated carbocycles. The van der Waals surface area contributed by atoms with Gasteiger partial charge in [0.05, 0.1) is 0 Å². The van der Waals surface area contributed by atoms with Gasteiger partial charge < -0.3 is 20.7 Å². The van der Waals surface area contributed by atoms with Gasteiger partial charge >= 0.3 is 0 Å². The molecule has 1 aliphatic rings. The van der Waals surface area contributed by atoms with E-state index in [4.69, 9.17) is 10.5 Å². The first-order valence-corrected chi connectivity index (χ1v) is 7.40. The zero-order valence-electron chi connectivity index (χ0n) is 13.1. The summed E-state index contributed by atoms with van der Waals surface area (Å²) in [5, 5.41) is 3.10. The van der Waals surface area contributed by atoms with Crippen LogP contribution < -0.4 is 20.7 Å². The van der Waals surface area contributed by atoms with Crippen molar-refractivity contribution < 1.29 is 9.53 Å². The highest BCUT2D eigenvalue weighted by atomic mass is 16.5. The number of benzene rings is 1. The van der Waals surface area contributed by atoms with Crippen molar-refractivity contribution in [2.24, 2.45) is 5.73 Å². The summed E-state index contributed by atoms with van der Waals surface area (Å²) >= 11 is 0. The quantitative estimate of drug-likeness (QED) is 0.863. The van der Waals surface area contributed by atoms with Gasteiger partial charge in [0.2, 0.25) is 5.91 Å². The van der Waals surface area contributed by atoms with Crippen LogP contribution in [0.3, 0.4) is 0 Å². The Morgan fingerprint density at radius 1 is 1.48 bits per heavy atom. The molecule has 2 rings (SSSR count). The minimum absolute atomic E-state index is 0.0103. The average Bonchev–Trinajstić information content (AvgIpc) is 2.47. The van der Waals surface area contributed by atoms with Gasteiger partial charge in [0.25, 0.3) is 0 Å². The van der Waals surface area contributed by atoms with E-state index >= 15 is 0 Å². The Bertz CT molecular complexity index is 504. The first kappa shape index (κ1) is 15.6. The smallest absolute Gasteiger partial charge is 0.237 e. The minimum atomic E-state index is -0.637. The standard InChI is InChI=1S/C16H25N3O2/c1-18-16(15(17)20)9-5-8-14(11-16)21-13-7-4-6-12(10-13)19(2)3/h4,6-7,10,14,18H,5,8-9,11H2,1-3H3,(H2,17,20). The van der Waals surface area contributed by atoms with Gasteiger partial charge in [-0.05, 0) is 38.4 Å². The first-order valence-electron chi connectivity index (χ1n) is 7.40. The lowest BCUT2D eigenvalue weighted by Crippen LogP contribution is -2.58. The highest BCUT2D eigenvalue weighted by molar-refractivity contribution is 5.84. The number of nitrogens with two attached hydrogens (primary N) is 1. The summed E-state index contributed by atoms with van der Waals surface area (Å²) in [5.74, 6) is 0.544. The lowest BCUT2D eigenvalue weighted by Gasteiger charge is -2.38. The molecule has 0 radical (unpaired) electrons. The Balaban J connectivity index is 2.09. The Morgan fingerprint density at radius 3 is 2.86 bits per heavy atom. The molecule has 1 amide bonds. The maximum atomic E-state index is 11.7. The van der Waals surface area contributed by atoms with E-state index in [9.17, 15) is 4.79 Å². The van der Waals surface area contributed by atoms with E-state index in [0.717, 1.165) is 30.7 Å². The second-order valence-corrected chi connectivity index (χ2v) is 5.92. The molecule has 2 unspecified atom stereocenters. The summed E-state index contributed by atoms with van der Waals surface area (Å²) in [6, 6.07) is 7.98. The molecule has 3 N–H and O–H groups in total. The Hall–Kier alpha value is -1.75. The lowest BCUT2D eigenvalue weighted by molar-refractivity contribution is -0.126. The van der Waals surface area contributed by atoms with Gasteiger partial charge in [0.15, 0.2) is 0 Å². The van der Waals surface area contributed by atoms with Crippen molar-refractivity contribution in [2.45, 2.75) is 37.3 Å². The van der Waals surface area contributed by atoms with Crippen LogP contribution in [0.25, 0.3) is 0 Å². The molecular formula is C16H25N3O2. The van der Waals surface area contributed by atoms with Crippen LogP contribution in [0.5, 0.6) is 5.75 Å². The molecule has 5 heteroatoms. The molecule has 0 bridgehead atoms. The fourth-order valence-electron chi connectivity index (χ4n) is 2.93. The van der Waals surface area contributed by atoms with Gasteiger partial charge in [0, 0.05) is 32.3 Å². The molecule has 116 valence electrons. The second-order valence-electron chi connectivity index (χ2n) is 5.92. The van der Waals surface area contributed by atoms with Crippen LogP contribution in [-0.2, 0) is 4.79 Å². The monoisotopic (exact) mass is 291 g/mol. The predicted molar refractivity (Wildman–Crippen MR) is 84.6 cm³/mol. The predicted octanol–water partition coefficient (Wildman–Crippen LogP) is 1.52. The number of nitrogens with one attached hydrogen (secondary N) is 1. The fourth-order valence-corrected chi connectivity index (χ4v) is 2.93. The Kier molecular flexibility index (Phi) is 4.73. The van der Waals surface area contributed by atoms with Crippen LogP contribution in [0.2, 0.25) is 0 Å². The number of hydrogen-bond acceptors (Lipinski definition) is 4. The van der Waals surface area contributed by atoms with Crippen molar-refractivity contribution in [3.63, 3.8) is 0 Å². The zero-order valence-corrected chi connectivity index (χ0v) is 13.1. The Morgan fingerprint density at radius 2 is 2.24 bits per heavy atom. The van der Waals surface area contributed by atoms with Gasteiger partial charge in [-0.1, -0.05) is 6.07 Å². The van der Waals surface area contributed by atoms with E-state index in [1.807, 2.05) is 43.3 Å². The summed E-state index contributed by atoms with van der Waals surface area (Å²) in [7, 11) is 5.79. The van der Waals surface area contributed by atoms with Crippen LogP contribution >= 0.6 is 0 Å². The number of hydrogen-bond donors (Lipinski definition) is 2. The number of rotatable bonds is 5. The number of primary amides is 1. The van der Waals surface area contributed by atoms with E-state index in [1.165, 1.54) is 0 Å². The van der Waals surface area contributed by atoms with Crippen LogP contribution in [-0.4, -0.2) is 38.7 Å². The third kappa shape index (κ3) is 3.47. The van der Waals surface area contributed by atoms with Crippen molar-refractivity contribution in [3.8, 4) is 5.75 Å². The summed E-state index contributed by atoms with van der Waals surface area (Å²) in [5.41, 5.74) is 6.03. The van der Waals surface area contributed by atoms with Gasteiger partial charge in [-0.25, -0.2) is 0 Å². The molecule has 1 aromatic rings. The molecule has 21 heavy (non-hydrogen) atoms. The van der Waals surface area contributed by atoms with E-state index in [0.29, 0.717) is 6.42 Å². The lowest BCUT2D eigenvalue weighted by atomic mass is 9.79. The molecule has 0 saturated heterocycles. The highest BCUT2D eigenvalue weighted by Crippen LogP contribution is 2.31. The highest BCUT2D eigenvalue weighted by Gasteiger charge is 2.40. The second kappa shape index (κ2) is 6.35. The largest absolute Gasteiger partial charge is 0.490 e. The molecule has 1 fully saturated rings. The van der Waals surface area contributed by atoms with Crippen LogP contribution in [0.1, 0.15) is 25.7 Å². The summed E-state index contributed by atoms with van der Waals surface area (Å²) in [4.78, 5) is 13.8. The normalized spacial score (nSPS) is 25.4. The molecule has 5 nitrogen and oxygen atoms in total. The maximum absolute atomic E-state index is 11.7. The van der Waals surface area contributed by atoms with Gasteiger partial charge in [-0.2, -0.15) is 0 Å². The summed E-state index contributed by atoms with van der Waals surface area (Å²) in [6.45, 7) is 0. The van der Waals surface area contributed by atoms with Crippen LogP contribution in [0, 0.1) is 0 Å². The van der Waals surface area contributed by atoms with E-state index in [-0.39, 0.29) is 12.0 Å². The van der Waals surface area contributed by atoms with Gasteiger partial charge in [-0.15, -0.1) is 0 Å². The van der Waals surface area contributed by atoms with E-state index < -0.39 is 5.54 Å². The average molecular weight is 291 g/mol. The van der Waals surface area contributed by atoms with E-state index in [2.05, 4.69) is 5.32 Å². The molecule has 1 aromatic carbocycles.